The van der Waals surface area contributed by atoms with Gasteiger partial charge in [0.25, 0.3) is 11.8 Å². The Morgan fingerprint density at radius 1 is 1.06 bits per heavy atom. The van der Waals surface area contributed by atoms with Gasteiger partial charge in [-0.2, -0.15) is 15.2 Å². The maximum Gasteiger partial charge on any atom is 0.251 e. The number of hydrogen-bond donors (Lipinski definition) is 3. The second-order valence-electron chi connectivity index (χ2n) is 13.9. The van der Waals surface area contributed by atoms with E-state index in [9.17, 15) is 14.9 Å². The summed E-state index contributed by atoms with van der Waals surface area (Å²) < 4.78 is 25.5. The summed E-state index contributed by atoms with van der Waals surface area (Å²) in [6.07, 6.45) is 3.00. The van der Waals surface area contributed by atoms with Gasteiger partial charge in [-0.1, -0.05) is 31.8 Å². The molecule has 0 atom stereocenters. The molecule has 3 heterocycles. The summed E-state index contributed by atoms with van der Waals surface area (Å²) in [5, 5.41) is 19.0. The van der Waals surface area contributed by atoms with Crippen LogP contribution in [0.4, 0.5) is 11.6 Å². The molecule has 2 fully saturated rings. The summed E-state index contributed by atoms with van der Waals surface area (Å²) in [5.74, 6) is 0.610. The zero-order valence-electron chi connectivity index (χ0n) is 29.0. The molecule has 0 unspecified atom stereocenters. The first kappa shape index (κ1) is 34.9. The van der Waals surface area contributed by atoms with Crippen molar-refractivity contribution in [3.05, 3.63) is 59.8 Å². The quantitative estimate of drug-likeness (QED) is 0.116. The largest absolute Gasteiger partial charge is 0.495 e. The van der Waals surface area contributed by atoms with Gasteiger partial charge in [0.1, 0.15) is 18.6 Å². The van der Waals surface area contributed by atoms with Crippen LogP contribution >= 0.6 is 0 Å². The van der Waals surface area contributed by atoms with Crippen molar-refractivity contribution in [2.45, 2.75) is 57.4 Å². The minimum absolute atomic E-state index is 0.00150. The van der Waals surface area contributed by atoms with Crippen molar-refractivity contribution in [2.24, 2.45) is 5.92 Å². The summed E-state index contributed by atoms with van der Waals surface area (Å²) in [4.78, 5) is 34.9. The van der Waals surface area contributed by atoms with Crippen LogP contribution in [0.1, 0.15) is 33.6 Å². The molecule has 50 heavy (non-hydrogen) atoms. The number of carbonyl (C=O) groups excluding carboxylic acids is 2. The van der Waals surface area contributed by atoms with E-state index in [1.165, 1.54) is 7.11 Å². The van der Waals surface area contributed by atoms with E-state index in [1.807, 2.05) is 22.9 Å². The number of anilines is 2. The van der Waals surface area contributed by atoms with Gasteiger partial charge in [0, 0.05) is 57.5 Å². The lowest BCUT2D eigenvalue weighted by atomic mass is 9.83. The number of nitrogens with one attached hydrogen (secondary N) is 3. The summed E-state index contributed by atoms with van der Waals surface area (Å²) in [6, 6.07) is 15.8. The Morgan fingerprint density at radius 3 is 2.44 bits per heavy atom. The van der Waals surface area contributed by atoms with Crippen LogP contribution in [0, 0.1) is 17.2 Å². The van der Waals surface area contributed by atoms with Gasteiger partial charge in [0.05, 0.1) is 49.4 Å². The number of hydrogen-bond acceptors (Lipinski definition) is 10. The second-order valence-corrected chi connectivity index (χ2v) is 19.5. The average Bonchev–Trinajstić information content (AvgIpc) is 3.43. The molecule has 3 N–H and O–H groups in total. The zero-order chi connectivity index (χ0) is 35.4. The number of carbonyl (C=O) groups is 2. The molecule has 2 aromatic carbocycles. The van der Waals surface area contributed by atoms with E-state index in [2.05, 4.69) is 41.7 Å². The van der Waals surface area contributed by atoms with Crippen LogP contribution in [0.25, 0.3) is 22.2 Å². The normalized spacial score (nSPS) is 17.3. The number of rotatable bonds is 14. The standard InChI is InChI=1S/C36H43N7O6Si/c1-38-33(44)24-8-6-23(7-9-24)28-18-43(21-47-12-13-50(3,4)5)32-31(28)35(49-27-14-22(15-27)17-37)42-36(41-32)40-29-11-10-25(16-30(29)46-2)34(45)39-26-19-48-20-26/h6-11,16,18,22,26-27H,12-15,19-21H2,1-5H3,(H,38,44)(H,39,45)(H,40,41,42). The van der Waals surface area contributed by atoms with Gasteiger partial charge in [-0.15, -0.1) is 0 Å². The molecule has 2 aliphatic rings. The maximum atomic E-state index is 12.8. The molecular weight excluding hydrogens is 655 g/mol. The molecule has 0 radical (unpaired) electrons. The van der Waals surface area contributed by atoms with E-state index in [0.29, 0.717) is 72.1 Å². The predicted molar refractivity (Wildman–Crippen MR) is 192 cm³/mol. The van der Waals surface area contributed by atoms with Crippen molar-refractivity contribution in [2.75, 3.05) is 39.3 Å². The number of nitrogens with zero attached hydrogens (tertiary/aromatic N) is 4. The molecule has 1 aliphatic carbocycles. The van der Waals surface area contributed by atoms with E-state index in [-0.39, 0.29) is 42.6 Å². The first-order chi connectivity index (χ1) is 24.0. The van der Waals surface area contributed by atoms with E-state index < -0.39 is 8.07 Å². The van der Waals surface area contributed by atoms with Crippen LogP contribution < -0.4 is 25.4 Å². The van der Waals surface area contributed by atoms with E-state index in [4.69, 9.17) is 28.9 Å². The van der Waals surface area contributed by atoms with Crippen LogP contribution in [-0.2, 0) is 16.2 Å². The number of ether oxygens (including phenoxy) is 4. The third-order valence-electron chi connectivity index (χ3n) is 8.83. The molecule has 1 saturated carbocycles. The van der Waals surface area contributed by atoms with Crippen LogP contribution in [0.15, 0.2) is 48.7 Å². The minimum atomic E-state index is -1.32. The van der Waals surface area contributed by atoms with Gasteiger partial charge in [-0.25, -0.2) is 0 Å². The Hall–Kier alpha value is -4.97. The Morgan fingerprint density at radius 2 is 1.80 bits per heavy atom. The molecule has 6 rings (SSSR count). The minimum Gasteiger partial charge on any atom is -0.495 e. The van der Waals surface area contributed by atoms with Gasteiger partial charge >= 0.3 is 0 Å². The zero-order valence-corrected chi connectivity index (χ0v) is 30.0. The van der Waals surface area contributed by atoms with Gasteiger partial charge in [0.2, 0.25) is 11.8 Å². The molecule has 262 valence electrons. The highest BCUT2D eigenvalue weighted by Crippen LogP contribution is 2.40. The highest BCUT2D eigenvalue weighted by atomic mass is 28.3. The fourth-order valence-electron chi connectivity index (χ4n) is 5.67. The van der Waals surface area contributed by atoms with Crippen molar-refractivity contribution in [3.63, 3.8) is 0 Å². The average molecular weight is 698 g/mol. The highest BCUT2D eigenvalue weighted by molar-refractivity contribution is 6.76. The molecule has 2 aromatic heterocycles. The summed E-state index contributed by atoms with van der Waals surface area (Å²) >= 11 is 0. The van der Waals surface area contributed by atoms with E-state index in [0.717, 1.165) is 17.2 Å². The van der Waals surface area contributed by atoms with Gasteiger partial charge in [0.15, 0.2) is 5.65 Å². The smallest absolute Gasteiger partial charge is 0.251 e. The SMILES string of the molecule is CNC(=O)c1ccc(-c2cn(COCC[Si](C)(C)C)c3nc(Nc4ccc(C(=O)NC5COC5)cc4OC)nc(OC4CC(C#N)C4)c23)cc1. The third kappa shape index (κ3) is 7.91. The molecule has 0 spiro atoms. The number of amides is 2. The lowest BCUT2D eigenvalue weighted by Crippen LogP contribution is -2.48. The van der Waals surface area contributed by atoms with Gasteiger partial charge in [-0.05, 0) is 41.9 Å². The predicted octanol–water partition coefficient (Wildman–Crippen LogP) is 5.33. The maximum absolute atomic E-state index is 12.8. The summed E-state index contributed by atoms with van der Waals surface area (Å²) in [6.45, 7) is 8.80. The fraction of sp³-hybridized carbons (Fsp3) is 0.417. The number of methoxy groups -OCH3 is 1. The van der Waals surface area contributed by atoms with E-state index >= 15 is 0 Å². The molecule has 1 aliphatic heterocycles. The van der Waals surface area contributed by atoms with E-state index in [1.54, 1.807) is 37.4 Å². The fourth-order valence-corrected chi connectivity index (χ4v) is 6.42. The number of nitriles is 1. The van der Waals surface area contributed by atoms with Crippen molar-refractivity contribution in [1.29, 1.82) is 5.26 Å². The summed E-state index contributed by atoms with van der Waals surface area (Å²) in [5.41, 5.74) is 3.81. The molecule has 2 amide bonds. The highest BCUT2D eigenvalue weighted by Gasteiger charge is 2.33. The second kappa shape index (κ2) is 14.9. The van der Waals surface area contributed by atoms with Crippen LogP contribution in [-0.4, -0.2) is 80.5 Å². The number of fused-ring (bicyclic) bond motifs is 1. The lowest BCUT2D eigenvalue weighted by molar-refractivity contribution is -0.00346. The van der Waals surface area contributed by atoms with Crippen molar-refractivity contribution in [1.82, 2.24) is 25.2 Å². The number of benzene rings is 2. The van der Waals surface area contributed by atoms with Gasteiger partial charge in [-0.3, -0.25) is 9.59 Å². The molecule has 4 aromatic rings. The Bertz CT molecular complexity index is 1910. The molecule has 1 saturated heterocycles. The summed E-state index contributed by atoms with van der Waals surface area (Å²) in [7, 11) is 1.82. The first-order valence-corrected chi connectivity index (χ1v) is 20.5. The lowest BCUT2D eigenvalue weighted by Gasteiger charge is -2.30. The van der Waals surface area contributed by atoms with Crippen molar-refractivity contribution >= 4 is 42.6 Å². The van der Waals surface area contributed by atoms with Crippen molar-refractivity contribution in [3.8, 4) is 28.8 Å². The Labute approximate surface area is 292 Å². The van der Waals surface area contributed by atoms with Gasteiger partial charge < -0.3 is 39.5 Å². The van der Waals surface area contributed by atoms with Crippen LogP contribution in [0.3, 0.4) is 0 Å². The first-order valence-electron chi connectivity index (χ1n) is 16.8. The third-order valence-corrected chi connectivity index (χ3v) is 10.5. The Balaban J connectivity index is 1.39. The molecular formula is C36H43N7O6Si. The van der Waals surface area contributed by atoms with Crippen LogP contribution in [0.5, 0.6) is 11.6 Å². The monoisotopic (exact) mass is 697 g/mol. The molecule has 14 heteroatoms. The van der Waals surface area contributed by atoms with Crippen molar-refractivity contribution < 1.29 is 28.5 Å². The molecule has 0 bridgehead atoms. The van der Waals surface area contributed by atoms with Crippen LogP contribution in [0.2, 0.25) is 25.7 Å². The Kier molecular flexibility index (Phi) is 10.4. The number of aromatic nitrogens is 3. The topological polar surface area (TPSA) is 162 Å². The molecule has 13 nitrogen and oxygen atoms in total.